The Hall–Kier alpha value is -1.55. The molecule has 2 nitrogen and oxygen atoms in total. The molecule has 112 valence electrons. The normalized spacial score (nSPS) is 12.0. The van der Waals surface area contributed by atoms with Crippen molar-refractivity contribution < 1.29 is 9.13 Å². The predicted octanol–water partition coefficient (Wildman–Crippen LogP) is 4.95. The monoisotopic (exact) mass is 351 g/mol. The van der Waals surface area contributed by atoms with E-state index in [2.05, 4.69) is 21.2 Å². The number of ether oxygens (including phenoxy) is 1. The molecule has 0 fully saturated rings. The van der Waals surface area contributed by atoms with Crippen LogP contribution < -0.4 is 10.1 Å². The number of hydrogen-bond acceptors (Lipinski definition) is 2. The van der Waals surface area contributed by atoms with E-state index in [0.29, 0.717) is 12.0 Å². The summed E-state index contributed by atoms with van der Waals surface area (Å²) in [7, 11) is 1.65. The first-order chi connectivity index (χ1) is 10.0. The van der Waals surface area contributed by atoms with E-state index < -0.39 is 0 Å². The second kappa shape index (κ2) is 6.94. The van der Waals surface area contributed by atoms with Crippen molar-refractivity contribution in [3.05, 3.63) is 57.8 Å². The molecule has 2 aromatic rings. The molecule has 0 aromatic heterocycles. The second-order valence-corrected chi connectivity index (χ2v) is 6.06. The van der Waals surface area contributed by atoms with Gasteiger partial charge in [-0.05, 0) is 49.6 Å². The summed E-state index contributed by atoms with van der Waals surface area (Å²) in [5.74, 6) is 0.618. The molecule has 2 aromatic carbocycles. The lowest BCUT2D eigenvalue weighted by Crippen LogP contribution is -2.20. The molecule has 0 aliphatic heterocycles. The van der Waals surface area contributed by atoms with Crippen LogP contribution in [0.2, 0.25) is 0 Å². The van der Waals surface area contributed by atoms with Gasteiger partial charge in [-0.2, -0.15) is 0 Å². The van der Waals surface area contributed by atoms with Gasteiger partial charge >= 0.3 is 0 Å². The van der Waals surface area contributed by atoms with Crippen molar-refractivity contribution in [1.29, 1.82) is 0 Å². The van der Waals surface area contributed by atoms with E-state index in [0.717, 1.165) is 21.5 Å². The Morgan fingerprint density at radius 2 is 2.00 bits per heavy atom. The van der Waals surface area contributed by atoms with Crippen LogP contribution in [-0.4, -0.2) is 13.2 Å². The highest BCUT2D eigenvalue weighted by atomic mass is 79.9. The van der Waals surface area contributed by atoms with Gasteiger partial charge in [0.15, 0.2) is 0 Å². The van der Waals surface area contributed by atoms with E-state index in [1.165, 1.54) is 6.07 Å². The van der Waals surface area contributed by atoms with Gasteiger partial charge in [-0.1, -0.05) is 34.1 Å². The van der Waals surface area contributed by atoms with Crippen LogP contribution in [0.1, 0.15) is 18.1 Å². The maximum absolute atomic E-state index is 13.7. The number of benzene rings is 2. The summed E-state index contributed by atoms with van der Waals surface area (Å²) in [6, 6.07) is 10.9. The van der Waals surface area contributed by atoms with Crippen LogP contribution in [0.25, 0.3) is 0 Å². The number of hydrogen-bond donors (Lipinski definition) is 1. The van der Waals surface area contributed by atoms with Gasteiger partial charge in [-0.25, -0.2) is 4.39 Å². The summed E-state index contributed by atoms with van der Waals surface area (Å²) in [4.78, 5) is 0. The number of anilines is 1. The van der Waals surface area contributed by atoms with Gasteiger partial charge in [-0.15, -0.1) is 0 Å². The Kier molecular flexibility index (Phi) is 5.23. The molecular formula is C17H19BrFNO. The van der Waals surface area contributed by atoms with Gasteiger partial charge in [0.2, 0.25) is 0 Å². The zero-order chi connectivity index (χ0) is 15.4. The van der Waals surface area contributed by atoms with Crippen LogP contribution in [0, 0.1) is 12.7 Å². The van der Waals surface area contributed by atoms with Crippen LogP contribution in [0.15, 0.2) is 40.9 Å². The van der Waals surface area contributed by atoms with Gasteiger partial charge in [0.25, 0.3) is 0 Å². The highest BCUT2D eigenvalue weighted by Gasteiger charge is 2.13. The first-order valence-corrected chi connectivity index (χ1v) is 7.64. The molecule has 0 heterocycles. The summed E-state index contributed by atoms with van der Waals surface area (Å²) in [5.41, 5.74) is 2.75. The molecule has 0 aliphatic carbocycles. The Bertz CT molecular complexity index is 630. The summed E-state index contributed by atoms with van der Waals surface area (Å²) < 4.78 is 20.1. The molecule has 4 heteroatoms. The Balaban J connectivity index is 2.17. The minimum atomic E-state index is -0.161. The molecule has 1 unspecified atom stereocenters. The lowest BCUT2D eigenvalue weighted by atomic mass is 10.1. The van der Waals surface area contributed by atoms with Crippen LogP contribution in [0.4, 0.5) is 10.1 Å². The molecule has 1 N–H and O–H groups in total. The Morgan fingerprint density at radius 1 is 1.29 bits per heavy atom. The van der Waals surface area contributed by atoms with E-state index in [1.807, 2.05) is 38.1 Å². The topological polar surface area (TPSA) is 21.3 Å². The largest absolute Gasteiger partial charge is 0.495 e. The average Bonchev–Trinajstić information content (AvgIpc) is 2.44. The standard InChI is InChI=1S/C17H19BrFNO/c1-11-8-14(18)10-16(21-3)17(11)20-12(2)9-13-6-4-5-7-15(13)19/h4-8,10,12,20H,9H2,1-3H3. The molecule has 1 atom stereocenters. The van der Waals surface area contributed by atoms with Crippen LogP contribution in [0.3, 0.4) is 0 Å². The first kappa shape index (κ1) is 15.8. The SMILES string of the molecule is COc1cc(Br)cc(C)c1NC(C)Cc1ccccc1F. The second-order valence-electron chi connectivity index (χ2n) is 5.14. The predicted molar refractivity (Wildman–Crippen MR) is 88.6 cm³/mol. The Morgan fingerprint density at radius 3 is 2.67 bits per heavy atom. The summed E-state index contributed by atoms with van der Waals surface area (Å²) in [5, 5.41) is 3.42. The highest BCUT2D eigenvalue weighted by Crippen LogP contribution is 2.32. The Labute approximate surface area is 133 Å². The van der Waals surface area contributed by atoms with Crippen molar-refractivity contribution in [3.63, 3.8) is 0 Å². The van der Waals surface area contributed by atoms with Crippen molar-refractivity contribution in [2.75, 3.05) is 12.4 Å². The van der Waals surface area contributed by atoms with Crippen molar-refractivity contribution in [2.45, 2.75) is 26.3 Å². The van der Waals surface area contributed by atoms with Crippen LogP contribution in [-0.2, 0) is 6.42 Å². The summed E-state index contributed by atoms with van der Waals surface area (Å²) in [6.07, 6.45) is 0.616. The number of methoxy groups -OCH3 is 1. The lowest BCUT2D eigenvalue weighted by Gasteiger charge is -2.20. The first-order valence-electron chi connectivity index (χ1n) is 6.85. The van der Waals surface area contributed by atoms with Gasteiger partial charge < -0.3 is 10.1 Å². The smallest absolute Gasteiger partial charge is 0.143 e. The molecule has 0 bridgehead atoms. The van der Waals surface area contributed by atoms with E-state index in [9.17, 15) is 4.39 Å². The van der Waals surface area contributed by atoms with Gasteiger partial charge in [-0.3, -0.25) is 0 Å². The van der Waals surface area contributed by atoms with E-state index in [-0.39, 0.29) is 11.9 Å². The minimum Gasteiger partial charge on any atom is -0.495 e. The number of aryl methyl sites for hydroxylation is 1. The van der Waals surface area contributed by atoms with Gasteiger partial charge in [0.1, 0.15) is 11.6 Å². The molecular weight excluding hydrogens is 333 g/mol. The molecule has 21 heavy (non-hydrogen) atoms. The number of nitrogens with one attached hydrogen (secondary N) is 1. The van der Waals surface area contributed by atoms with Crippen LogP contribution in [0.5, 0.6) is 5.75 Å². The average molecular weight is 352 g/mol. The van der Waals surface area contributed by atoms with Gasteiger partial charge in [0, 0.05) is 10.5 Å². The zero-order valence-electron chi connectivity index (χ0n) is 12.4. The maximum atomic E-state index is 13.7. The maximum Gasteiger partial charge on any atom is 0.143 e. The van der Waals surface area contributed by atoms with Gasteiger partial charge in [0.05, 0.1) is 12.8 Å². The fourth-order valence-electron chi connectivity index (χ4n) is 2.35. The van der Waals surface area contributed by atoms with Crippen molar-refractivity contribution in [2.24, 2.45) is 0 Å². The summed E-state index contributed by atoms with van der Waals surface area (Å²) >= 11 is 3.46. The highest BCUT2D eigenvalue weighted by molar-refractivity contribution is 9.10. The van der Waals surface area contributed by atoms with Crippen molar-refractivity contribution in [3.8, 4) is 5.75 Å². The molecule has 0 saturated carbocycles. The lowest BCUT2D eigenvalue weighted by molar-refractivity contribution is 0.415. The minimum absolute atomic E-state index is 0.0932. The fraction of sp³-hybridized carbons (Fsp3) is 0.294. The molecule has 0 saturated heterocycles. The van der Waals surface area contributed by atoms with Crippen LogP contribution >= 0.6 is 15.9 Å². The molecule has 0 amide bonds. The molecule has 0 aliphatic rings. The van der Waals surface area contributed by atoms with E-state index >= 15 is 0 Å². The third-order valence-electron chi connectivity index (χ3n) is 3.36. The third-order valence-corrected chi connectivity index (χ3v) is 3.82. The summed E-state index contributed by atoms with van der Waals surface area (Å²) in [6.45, 7) is 4.05. The number of halogens is 2. The van der Waals surface area contributed by atoms with E-state index in [4.69, 9.17) is 4.74 Å². The number of rotatable bonds is 5. The molecule has 2 rings (SSSR count). The zero-order valence-corrected chi connectivity index (χ0v) is 14.0. The third kappa shape index (κ3) is 3.97. The van der Waals surface area contributed by atoms with Crippen molar-refractivity contribution in [1.82, 2.24) is 0 Å². The molecule has 0 radical (unpaired) electrons. The van der Waals surface area contributed by atoms with Crippen molar-refractivity contribution >= 4 is 21.6 Å². The molecule has 0 spiro atoms. The quantitative estimate of drug-likeness (QED) is 0.822. The fourth-order valence-corrected chi connectivity index (χ4v) is 2.90. The van der Waals surface area contributed by atoms with E-state index in [1.54, 1.807) is 13.2 Å².